The molecular formula is C16H18N4O. The van der Waals surface area contributed by atoms with Gasteiger partial charge in [-0.15, -0.1) is 10.2 Å². The summed E-state index contributed by atoms with van der Waals surface area (Å²) in [4.78, 5) is 11.8. The van der Waals surface area contributed by atoms with Gasteiger partial charge >= 0.3 is 0 Å². The summed E-state index contributed by atoms with van der Waals surface area (Å²) in [6, 6.07) is 8.02. The lowest BCUT2D eigenvalue weighted by Crippen LogP contribution is -2.22. The molecule has 3 rings (SSSR count). The first-order valence-electron chi connectivity index (χ1n) is 7.16. The molecule has 0 atom stereocenters. The third-order valence-electron chi connectivity index (χ3n) is 3.58. The maximum atomic E-state index is 11.8. The first kappa shape index (κ1) is 13.5. The number of fused-ring (bicyclic) bond motifs is 1. The van der Waals surface area contributed by atoms with Gasteiger partial charge in [0, 0.05) is 19.0 Å². The zero-order chi connectivity index (χ0) is 14.7. The van der Waals surface area contributed by atoms with Crippen LogP contribution < -0.4 is 5.32 Å². The Morgan fingerprint density at radius 1 is 1.43 bits per heavy atom. The van der Waals surface area contributed by atoms with Crippen molar-refractivity contribution in [2.75, 3.05) is 0 Å². The number of benzene rings is 1. The van der Waals surface area contributed by atoms with Crippen LogP contribution in [-0.4, -0.2) is 20.7 Å². The van der Waals surface area contributed by atoms with Crippen molar-refractivity contribution >= 4 is 12.0 Å². The highest BCUT2D eigenvalue weighted by Gasteiger charge is 2.16. The van der Waals surface area contributed by atoms with E-state index in [1.54, 1.807) is 6.08 Å². The van der Waals surface area contributed by atoms with Gasteiger partial charge in [0.25, 0.3) is 0 Å². The van der Waals surface area contributed by atoms with Crippen molar-refractivity contribution in [2.24, 2.45) is 0 Å². The van der Waals surface area contributed by atoms with Crippen LogP contribution in [0.4, 0.5) is 0 Å². The molecule has 1 amide bonds. The van der Waals surface area contributed by atoms with Gasteiger partial charge in [-0.05, 0) is 25.0 Å². The molecular weight excluding hydrogens is 264 g/mol. The molecule has 0 spiro atoms. The summed E-state index contributed by atoms with van der Waals surface area (Å²) in [6.07, 6.45) is 5.46. The topological polar surface area (TPSA) is 59.8 Å². The summed E-state index contributed by atoms with van der Waals surface area (Å²) < 4.78 is 2.09. The van der Waals surface area contributed by atoms with E-state index in [0.717, 1.165) is 36.6 Å². The Morgan fingerprint density at radius 3 is 3.19 bits per heavy atom. The van der Waals surface area contributed by atoms with Crippen LogP contribution in [0.1, 0.15) is 29.2 Å². The first-order valence-corrected chi connectivity index (χ1v) is 7.16. The van der Waals surface area contributed by atoms with Crippen LogP contribution in [-0.2, 0) is 24.3 Å². The lowest BCUT2D eigenvalue weighted by Gasteiger charge is -2.03. The summed E-state index contributed by atoms with van der Waals surface area (Å²) in [5.74, 6) is 1.74. The monoisotopic (exact) mass is 282 g/mol. The highest BCUT2D eigenvalue weighted by molar-refractivity contribution is 5.91. The van der Waals surface area contributed by atoms with E-state index in [0.29, 0.717) is 6.54 Å². The molecule has 2 aromatic rings. The number of amides is 1. The van der Waals surface area contributed by atoms with Gasteiger partial charge in [-0.2, -0.15) is 0 Å². The third-order valence-corrected chi connectivity index (χ3v) is 3.58. The molecule has 5 nitrogen and oxygen atoms in total. The number of nitrogens with zero attached hydrogens (tertiary/aromatic N) is 3. The SMILES string of the molecule is Cc1cccc(C=CC(=O)NCc2nnc3n2CCC3)c1. The second kappa shape index (κ2) is 5.91. The number of aryl methyl sites for hydroxylation is 2. The van der Waals surface area contributed by atoms with Gasteiger partial charge in [-0.3, -0.25) is 4.79 Å². The van der Waals surface area contributed by atoms with E-state index in [1.807, 2.05) is 37.3 Å². The van der Waals surface area contributed by atoms with Gasteiger partial charge in [0.2, 0.25) is 5.91 Å². The Kier molecular flexibility index (Phi) is 3.81. The van der Waals surface area contributed by atoms with Crippen molar-refractivity contribution < 1.29 is 4.79 Å². The van der Waals surface area contributed by atoms with Crippen LogP contribution in [0.3, 0.4) is 0 Å². The van der Waals surface area contributed by atoms with Gasteiger partial charge in [-0.1, -0.05) is 29.8 Å². The number of hydrogen-bond acceptors (Lipinski definition) is 3. The average molecular weight is 282 g/mol. The van der Waals surface area contributed by atoms with Gasteiger partial charge < -0.3 is 9.88 Å². The van der Waals surface area contributed by atoms with Crippen LogP contribution in [0, 0.1) is 6.92 Å². The van der Waals surface area contributed by atoms with Gasteiger partial charge in [0.05, 0.1) is 6.54 Å². The van der Waals surface area contributed by atoms with Crippen molar-refractivity contribution in [1.82, 2.24) is 20.1 Å². The molecule has 1 aromatic carbocycles. The number of aromatic nitrogens is 3. The first-order chi connectivity index (χ1) is 10.2. The maximum absolute atomic E-state index is 11.8. The highest BCUT2D eigenvalue weighted by Crippen LogP contribution is 2.13. The number of nitrogens with one attached hydrogen (secondary N) is 1. The Morgan fingerprint density at radius 2 is 2.33 bits per heavy atom. The summed E-state index contributed by atoms with van der Waals surface area (Å²) in [7, 11) is 0. The Bertz CT molecular complexity index is 687. The standard InChI is InChI=1S/C16H18N4O/c1-12-4-2-5-13(10-12)7-8-16(21)17-11-15-19-18-14-6-3-9-20(14)15/h2,4-5,7-8,10H,3,6,9,11H2,1H3,(H,17,21). The smallest absolute Gasteiger partial charge is 0.244 e. The van der Waals surface area contributed by atoms with Crippen molar-refractivity contribution in [1.29, 1.82) is 0 Å². The highest BCUT2D eigenvalue weighted by atomic mass is 16.1. The number of carbonyl (C=O) groups is 1. The third kappa shape index (κ3) is 3.18. The van der Waals surface area contributed by atoms with E-state index in [2.05, 4.69) is 20.1 Å². The molecule has 0 radical (unpaired) electrons. The molecule has 1 aromatic heterocycles. The summed E-state index contributed by atoms with van der Waals surface area (Å²) in [5.41, 5.74) is 2.20. The zero-order valence-corrected chi connectivity index (χ0v) is 12.0. The quantitative estimate of drug-likeness (QED) is 0.871. The van der Waals surface area contributed by atoms with Gasteiger partial charge in [0.15, 0.2) is 5.82 Å². The fourth-order valence-corrected chi connectivity index (χ4v) is 2.51. The van der Waals surface area contributed by atoms with E-state index in [-0.39, 0.29) is 5.91 Å². The molecule has 0 aliphatic carbocycles. The molecule has 21 heavy (non-hydrogen) atoms. The van der Waals surface area contributed by atoms with Crippen LogP contribution in [0.5, 0.6) is 0 Å². The van der Waals surface area contributed by atoms with Crippen LogP contribution in [0.15, 0.2) is 30.3 Å². The molecule has 108 valence electrons. The average Bonchev–Trinajstić information content (AvgIpc) is 3.06. The largest absolute Gasteiger partial charge is 0.345 e. The second-order valence-corrected chi connectivity index (χ2v) is 5.25. The molecule has 1 aliphatic rings. The minimum Gasteiger partial charge on any atom is -0.345 e. The molecule has 5 heteroatoms. The van der Waals surface area contributed by atoms with Gasteiger partial charge in [-0.25, -0.2) is 0 Å². The number of rotatable bonds is 4. The lowest BCUT2D eigenvalue weighted by atomic mass is 10.1. The minimum absolute atomic E-state index is 0.119. The molecule has 0 saturated heterocycles. The van der Waals surface area contributed by atoms with E-state index in [4.69, 9.17) is 0 Å². The zero-order valence-electron chi connectivity index (χ0n) is 12.0. The predicted octanol–water partition coefficient (Wildman–Crippen LogP) is 1.86. The van der Waals surface area contributed by atoms with Crippen molar-refractivity contribution in [2.45, 2.75) is 32.9 Å². The molecule has 2 heterocycles. The van der Waals surface area contributed by atoms with E-state index in [9.17, 15) is 4.79 Å². The normalized spacial score (nSPS) is 13.6. The Labute approximate surface area is 123 Å². The Hall–Kier alpha value is -2.43. The summed E-state index contributed by atoms with van der Waals surface area (Å²) in [6.45, 7) is 3.40. The fourth-order valence-electron chi connectivity index (χ4n) is 2.51. The summed E-state index contributed by atoms with van der Waals surface area (Å²) >= 11 is 0. The number of hydrogen-bond donors (Lipinski definition) is 1. The van der Waals surface area contributed by atoms with E-state index in [1.165, 1.54) is 5.56 Å². The Balaban J connectivity index is 1.57. The van der Waals surface area contributed by atoms with Crippen LogP contribution in [0.2, 0.25) is 0 Å². The van der Waals surface area contributed by atoms with Crippen molar-refractivity contribution in [3.63, 3.8) is 0 Å². The minimum atomic E-state index is -0.119. The van der Waals surface area contributed by atoms with Crippen LogP contribution >= 0.6 is 0 Å². The lowest BCUT2D eigenvalue weighted by molar-refractivity contribution is -0.116. The predicted molar refractivity (Wildman–Crippen MR) is 80.4 cm³/mol. The molecule has 0 saturated carbocycles. The molecule has 1 aliphatic heterocycles. The molecule has 0 fully saturated rings. The van der Waals surface area contributed by atoms with E-state index >= 15 is 0 Å². The van der Waals surface area contributed by atoms with Crippen molar-refractivity contribution in [3.05, 3.63) is 53.1 Å². The van der Waals surface area contributed by atoms with Crippen molar-refractivity contribution in [3.8, 4) is 0 Å². The van der Waals surface area contributed by atoms with Crippen LogP contribution in [0.25, 0.3) is 6.08 Å². The van der Waals surface area contributed by atoms with E-state index < -0.39 is 0 Å². The second-order valence-electron chi connectivity index (χ2n) is 5.25. The molecule has 1 N–H and O–H groups in total. The maximum Gasteiger partial charge on any atom is 0.244 e. The number of carbonyl (C=O) groups excluding carboxylic acids is 1. The molecule has 0 unspecified atom stereocenters. The molecule has 0 bridgehead atoms. The fraction of sp³-hybridized carbons (Fsp3) is 0.312. The summed E-state index contributed by atoms with van der Waals surface area (Å²) in [5, 5.41) is 11.1. The van der Waals surface area contributed by atoms with Gasteiger partial charge in [0.1, 0.15) is 5.82 Å².